The Bertz CT molecular complexity index is 326. The van der Waals surface area contributed by atoms with Gasteiger partial charge in [-0.2, -0.15) is 0 Å². The van der Waals surface area contributed by atoms with Crippen molar-refractivity contribution in [3.05, 3.63) is 17.7 Å². The lowest BCUT2D eigenvalue weighted by Crippen LogP contribution is -2.03. The van der Waals surface area contributed by atoms with Crippen molar-refractivity contribution in [1.82, 2.24) is 9.55 Å². The molecule has 1 aromatic heterocycles. The Labute approximate surface area is 69.8 Å². The maximum Gasteiger partial charge on any atom is 0.356 e. The molecule has 0 aromatic carbocycles. The zero-order valence-corrected chi connectivity index (χ0v) is 6.82. The predicted octanol–water partition coefficient (Wildman–Crippen LogP) is 0.996. The molecule has 1 fully saturated rings. The van der Waals surface area contributed by atoms with Crippen LogP contribution in [0.5, 0.6) is 0 Å². The molecule has 0 radical (unpaired) electrons. The van der Waals surface area contributed by atoms with E-state index in [1.54, 1.807) is 10.9 Å². The van der Waals surface area contributed by atoms with Gasteiger partial charge in [0.1, 0.15) is 0 Å². The summed E-state index contributed by atoms with van der Waals surface area (Å²) in [5.41, 5.74) is 1.10. The molecule has 1 N–H and O–H groups in total. The normalized spacial score (nSPS) is 16.4. The molecule has 64 valence electrons. The fraction of sp³-hybridized carbons (Fsp3) is 0.500. The number of aromatic nitrogens is 2. The first kappa shape index (κ1) is 7.34. The summed E-state index contributed by atoms with van der Waals surface area (Å²) in [5, 5.41) is 8.78. The lowest BCUT2D eigenvalue weighted by atomic mass is 10.2. The topological polar surface area (TPSA) is 55.1 Å². The number of aromatic carboxylic acids is 1. The van der Waals surface area contributed by atoms with Crippen molar-refractivity contribution in [3.8, 4) is 0 Å². The molecule has 2 rings (SSSR count). The Morgan fingerprint density at radius 2 is 2.42 bits per heavy atom. The summed E-state index contributed by atoms with van der Waals surface area (Å²) in [6, 6.07) is 0. The van der Waals surface area contributed by atoms with Gasteiger partial charge in [0, 0.05) is 13.0 Å². The van der Waals surface area contributed by atoms with Crippen LogP contribution < -0.4 is 0 Å². The first-order chi connectivity index (χ1) is 5.70. The van der Waals surface area contributed by atoms with E-state index < -0.39 is 5.97 Å². The summed E-state index contributed by atoms with van der Waals surface area (Å²) in [4.78, 5) is 14.5. The van der Waals surface area contributed by atoms with E-state index in [9.17, 15) is 4.79 Å². The smallest absolute Gasteiger partial charge is 0.356 e. The summed E-state index contributed by atoms with van der Waals surface area (Å²) >= 11 is 0. The van der Waals surface area contributed by atoms with Crippen LogP contribution in [0.1, 0.15) is 34.9 Å². The van der Waals surface area contributed by atoms with Gasteiger partial charge in [-0.3, -0.25) is 0 Å². The fourth-order valence-electron chi connectivity index (χ4n) is 1.44. The number of carbonyl (C=O) groups is 1. The number of aryl methyl sites for hydroxylation is 1. The van der Waals surface area contributed by atoms with Gasteiger partial charge in [0.25, 0.3) is 0 Å². The van der Waals surface area contributed by atoms with E-state index in [1.807, 2.05) is 7.05 Å². The molecular weight excluding hydrogens is 156 g/mol. The number of hydrogen-bond donors (Lipinski definition) is 1. The lowest BCUT2D eigenvalue weighted by Gasteiger charge is -1.99. The van der Waals surface area contributed by atoms with Crippen LogP contribution in [-0.2, 0) is 7.05 Å². The minimum atomic E-state index is -0.919. The highest BCUT2D eigenvalue weighted by molar-refractivity contribution is 5.87. The molecule has 0 bridgehead atoms. The van der Waals surface area contributed by atoms with Gasteiger partial charge in [0.05, 0.1) is 12.0 Å². The van der Waals surface area contributed by atoms with E-state index in [1.165, 1.54) is 0 Å². The van der Waals surface area contributed by atoms with Crippen LogP contribution in [0.4, 0.5) is 0 Å². The quantitative estimate of drug-likeness (QED) is 0.712. The van der Waals surface area contributed by atoms with Gasteiger partial charge in [-0.1, -0.05) is 0 Å². The van der Waals surface area contributed by atoms with E-state index in [2.05, 4.69) is 4.98 Å². The molecule has 1 saturated carbocycles. The highest BCUT2D eigenvalue weighted by Crippen LogP contribution is 2.41. The third-order valence-electron chi connectivity index (χ3n) is 2.15. The molecule has 0 spiro atoms. The van der Waals surface area contributed by atoms with Crippen molar-refractivity contribution in [3.63, 3.8) is 0 Å². The number of imidazole rings is 1. The predicted molar refractivity (Wildman–Crippen MR) is 42.1 cm³/mol. The van der Waals surface area contributed by atoms with Gasteiger partial charge in [-0.15, -0.1) is 0 Å². The van der Waals surface area contributed by atoms with Gasteiger partial charge in [-0.05, 0) is 12.8 Å². The maximum atomic E-state index is 10.7. The molecule has 0 atom stereocenters. The first-order valence-electron chi connectivity index (χ1n) is 3.94. The molecule has 0 unspecified atom stereocenters. The Morgan fingerprint density at radius 1 is 1.75 bits per heavy atom. The Balaban J connectivity index is 2.46. The molecule has 0 saturated heterocycles. The summed E-state index contributed by atoms with van der Waals surface area (Å²) in [6.07, 6.45) is 3.76. The van der Waals surface area contributed by atoms with Crippen molar-refractivity contribution in [2.75, 3.05) is 0 Å². The van der Waals surface area contributed by atoms with E-state index in [-0.39, 0.29) is 5.69 Å². The second-order valence-corrected chi connectivity index (χ2v) is 3.17. The van der Waals surface area contributed by atoms with Gasteiger partial charge >= 0.3 is 5.97 Å². The van der Waals surface area contributed by atoms with Crippen molar-refractivity contribution < 1.29 is 9.90 Å². The average molecular weight is 166 g/mol. The lowest BCUT2D eigenvalue weighted by molar-refractivity contribution is 0.0689. The van der Waals surface area contributed by atoms with Crippen molar-refractivity contribution in [2.45, 2.75) is 18.8 Å². The number of rotatable bonds is 2. The molecule has 1 aliphatic rings. The molecule has 4 heteroatoms. The SMILES string of the molecule is Cn1cnc(C(=O)O)c1C1CC1. The third-order valence-corrected chi connectivity index (χ3v) is 2.15. The van der Waals surface area contributed by atoms with Crippen LogP contribution in [-0.4, -0.2) is 20.6 Å². The van der Waals surface area contributed by atoms with Crippen molar-refractivity contribution >= 4 is 5.97 Å². The van der Waals surface area contributed by atoms with E-state index in [4.69, 9.17) is 5.11 Å². The van der Waals surface area contributed by atoms with Crippen LogP contribution in [0, 0.1) is 0 Å². The minimum Gasteiger partial charge on any atom is -0.476 e. The summed E-state index contributed by atoms with van der Waals surface area (Å²) in [7, 11) is 1.84. The maximum absolute atomic E-state index is 10.7. The van der Waals surface area contributed by atoms with Gasteiger partial charge in [0.15, 0.2) is 5.69 Å². The molecule has 1 heterocycles. The molecule has 4 nitrogen and oxygen atoms in total. The molecule has 0 amide bonds. The molecule has 12 heavy (non-hydrogen) atoms. The van der Waals surface area contributed by atoms with Crippen molar-refractivity contribution in [1.29, 1.82) is 0 Å². The second kappa shape index (κ2) is 2.33. The van der Waals surface area contributed by atoms with Crippen LogP contribution in [0.15, 0.2) is 6.33 Å². The molecule has 0 aliphatic heterocycles. The Hall–Kier alpha value is -1.32. The van der Waals surface area contributed by atoms with Gasteiger partial charge in [0.2, 0.25) is 0 Å². The summed E-state index contributed by atoms with van der Waals surface area (Å²) < 4.78 is 1.81. The number of carboxylic acid groups (broad SMARTS) is 1. The Morgan fingerprint density at radius 3 is 2.92 bits per heavy atom. The van der Waals surface area contributed by atoms with Crippen molar-refractivity contribution in [2.24, 2.45) is 7.05 Å². The number of hydrogen-bond acceptors (Lipinski definition) is 2. The molecular formula is C8H10N2O2. The second-order valence-electron chi connectivity index (χ2n) is 3.17. The van der Waals surface area contributed by atoms with E-state index in [0.29, 0.717) is 5.92 Å². The largest absolute Gasteiger partial charge is 0.476 e. The number of carboxylic acids is 1. The first-order valence-corrected chi connectivity index (χ1v) is 3.94. The molecule has 1 aromatic rings. The van der Waals surface area contributed by atoms with Gasteiger partial charge < -0.3 is 9.67 Å². The number of nitrogens with zero attached hydrogens (tertiary/aromatic N) is 2. The third kappa shape index (κ3) is 0.995. The average Bonchev–Trinajstić information content (AvgIpc) is 2.75. The Kier molecular flexibility index (Phi) is 1.43. The van der Waals surface area contributed by atoms with Gasteiger partial charge in [-0.25, -0.2) is 9.78 Å². The van der Waals surface area contributed by atoms with Crippen LogP contribution >= 0.6 is 0 Å². The van der Waals surface area contributed by atoms with E-state index >= 15 is 0 Å². The minimum absolute atomic E-state index is 0.222. The summed E-state index contributed by atoms with van der Waals surface area (Å²) in [5.74, 6) is -0.485. The highest BCUT2D eigenvalue weighted by Gasteiger charge is 2.31. The van der Waals surface area contributed by atoms with Crippen LogP contribution in [0.25, 0.3) is 0 Å². The highest BCUT2D eigenvalue weighted by atomic mass is 16.4. The van der Waals surface area contributed by atoms with Crippen LogP contribution in [0.2, 0.25) is 0 Å². The molecule has 1 aliphatic carbocycles. The standard InChI is InChI=1S/C8H10N2O2/c1-10-4-9-6(8(11)12)7(10)5-2-3-5/h4-5H,2-3H2,1H3,(H,11,12). The fourth-order valence-corrected chi connectivity index (χ4v) is 1.44. The van der Waals surface area contributed by atoms with E-state index in [0.717, 1.165) is 18.5 Å². The zero-order chi connectivity index (χ0) is 8.72. The van der Waals surface area contributed by atoms with Crippen LogP contribution in [0.3, 0.4) is 0 Å². The summed E-state index contributed by atoms with van der Waals surface area (Å²) in [6.45, 7) is 0. The monoisotopic (exact) mass is 166 g/mol. The zero-order valence-electron chi connectivity index (χ0n) is 6.82.